The van der Waals surface area contributed by atoms with Crippen LogP contribution in [0.2, 0.25) is 10.0 Å². The third kappa shape index (κ3) is 4.81. The summed E-state index contributed by atoms with van der Waals surface area (Å²) < 4.78 is 9.63. The van der Waals surface area contributed by atoms with Crippen molar-refractivity contribution >= 4 is 41.2 Å². The molecule has 0 fully saturated rings. The van der Waals surface area contributed by atoms with Gasteiger partial charge in [0, 0.05) is 16.7 Å². The van der Waals surface area contributed by atoms with Gasteiger partial charge in [-0.3, -0.25) is 0 Å². The average Bonchev–Trinajstić information content (AvgIpc) is 2.34. The maximum atomic E-state index is 11.0. The number of carboxylic acid groups (broad SMARTS) is 1. The van der Waals surface area contributed by atoms with Crippen LogP contribution in [0.3, 0.4) is 0 Å². The largest absolute Gasteiger partial charge is 0.480 e. The van der Waals surface area contributed by atoms with E-state index in [4.69, 9.17) is 33.0 Å². The number of methoxy groups -OCH3 is 1. The van der Waals surface area contributed by atoms with Crippen LogP contribution in [0.15, 0.2) is 18.2 Å². The van der Waals surface area contributed by atoms with Crippen LogP contribution in [0.5, 0.6) is 5.75 Å². The highest BCUT2D eigenvalue weighted by Gasteiger charge is 2.11. The molecule has 0 aliphatic carbocycles. The van der Waals surface area contributed by atoms with E-state index in [2.05, 4.69) is 4.74 Å². The molecule has 0 radical (unpaired) electrons. The molecule has 5 nitrogen and oxygen atoms in total. The van der Waals surface area contributed by atoms with Crippen LogP contribution in [0, 0.1) is 0 Å². The maximum absolute atomic E-state index is 11.0. The van der Waals surface area contributed by atoms with Crippen LogP contribution in [0.4, 0.5) is 0 Å². The van der Waals surface area contributed by atoms with Crippen molar-refractivity contribution in [3.05, 3.63) is 33.8 Å². The van der Waals surface area contributed by atoms with Crippen LogP contribution in [0.1, 0.15) is 5.56 Å². The molecule has 0 unspecified atom stereocenters. The molecule has 0 spiro atoms. The topological polar surface area (TPSA) is 72.8 Å². The molecule has 1 aromatic rings. The van der Waals surface area contributed by atoms with Gasteiger partial charge in [-0.05, 0) is 18.2 Å². The van der Waals surface area contributed by atoms with Crippen LogP contribution in [-0.4, -0.2) is 30.8 Å². The fourth-order valence-electron chi connectivity index (χ4n) is 1.21. The summed E-state index contributed by atoms with van der Waals surface area (Å²) in [6.07, 6.45) is 2.18. The summed E-state index contributed by atoms with van der Waals surface area (Å²) in [5.41, 5.74) is 0.351. The third-order valence-electron chi connectivity index (χ3n) is 2.00. The van der Waals surface area contributed by atoms with Gasteiger partial charge in [-0.15, -0.1) is 0 Å². The number of carbonyl (C=O) groups is 2. The maximum Gasteiger partial charge on any atom is 0.343 e. The van der Waals surface area contributed by atoms with Crippen molar-refractivity contribution in [3.63, 3.8) is 0 Å². The smallest absolute Gasteiger partial charge is 0.343 e. The molecule has 0 saturated carbocycles. The molecule has 0 aliphatic rings. The van der Waals surface area contributed by atoms with E-state index >= 15 is 0 Å². The molecule has 0 bridgehead atoms. The van der Waals surface area contributed by atoms with Gasteiger partial charge in [0.15, 0.2) is 6.61 Å². The van der Waals surface area contributed by atoms with Gasteiger partial charge in [0.25, 0.3) is 0 Å². The molecule has 7 heteroatoms. The van der Waals surface area contributed by atoms with Gasteiger partial charge in [-0.1, -0.05) is 23.2 Å². The summed E-state index contributed by atoms with van der Waals surface area (Å²) >= 11 is 11.7. The van der Waals surface area contributed by atoms with Crippen LogP contribution >= 0.6 is 23.2 Å². The van der Waals surface area contributed by atoms with E-state index in [1.807, 2.05) is 0 Å². The summed E-state index contributed by atoms with van der Waals surface area (Å²) in [5, 5.41) is 9.08. The van der Waals surface area contributed by atoms with Gasteiger partial charge in [-0.2, -0.15) is 0 Å². The molecule has 1 aromatic carbocycles. The standard InChI is InChI=1S/C12H10Cl2O5/c1-18-11(17)6-19-12-7(2-3-10(15)16)4-8(13)5-9(12)14/h2-5H,6H2,1H3,(H,15,16)/b3-2+. The van der Waals surface area contributed by atoms with Crippen LogP contribution < -0.4 is 4.74 Å². The predicted molar refractivity (Wildman–Crippen MR) is 70.6 cm³/mol. The highest BCUT2D eigenvalue weighted by molar-refractivity contribution is 6.36. The van der Waals surface area contributed by atoms with E-state index in [-0.39, 0.29) is 17.4 Å². The second kappa shape index (κ2) is 7.01. The monoisotopic (exact) mass is 304 g/mol. The van der Waals surface area contributed by atoms with Crippen molar-refractivity contribution in [2.75, 3.05) is 13.7 Å². The quantitative estimate of drug-likeness (QED) is 0.669. The molecule has 0 amide bonds. The van der Waals surface area contributed by atoms with Crippen molar-refractivity contribution in [1.29, 1.82) is 0 Å². The normalized spacial score (nSPS) is 10.5. The minimum Gasteiger partial charge on any atom is -0.480 e. The van der Waals surface area contributed by atoms with Crippen LogP contribution in [0.25, 0.3) is 6.08 Å². The summed E-state index contributed by atoms with van der Waals surface area (Å²) in [4.78, 5) is 21.5. The summed E-state index contributed by atoms with van der Waals surface area (Å²) in [5.74, 6) is -1.55. The van der Waals surface area contributed by atoms with E-state index in [0.717, 1.165) is 6.08 Å². The highest BCUT2D eigenvalue weighted by Crippen LogP contribution is 2.33. The Bertz CT molecular complexity index is 525. The first-order valence-electron chi connectivity index (χ1n) is 5.03. The van der Waals surface area contributed by atoms with Gasteiger partial charge >= 0.3 is 11.9 Å². The molecule has 0 saturated heterocycles. The van der Waals surface area contributed by atoms with Gasteiger partial charge in [0.05, 0.1) is 12.1 Å². The molecule has 0 heterocycles. The second-order valence-electron chi connectivity index (χ2n) is 3.34. The number of hydrogen-bond donors (Lipinski definition) is 1. The fraction of sp³-hybridized carbons (Fsp3) is 0.167. The predicted octanol–water partition coefficient (Wildman–Crippen LogP) is 2.64. The van der Waals surface area contributed by atoms with Crippen molar-refractivity contribution in [3.8, 4) is 5.75 Å². The average molecular weight is 305 g/mol. The van der Waals surface area contributed by atoms with E-state index in [1.54, 1.807) is 0 Å². The van der Waals surface area contributed by atoms with E-state index < -0.39 is 11.9 Å². The lowest BCUT2D eigenvalue weighted by Crippen LogP contribution is -2.13. The number of carbonyl (C=O) groups excluding carboxylic acids is 1. The molecular formula is C12H10Cl2O5. The first kappa shape index (κ1) is 15.3. The SMILES string of the molecule is COC(=O)COc1c(Cl)cc(Cl)cc1/C=C/C(=O)O. The Labute approximate surface area is 119 Å². The van der Waals surface area contributed by atoms with E-state index in [0.29, 0.717) is 10.6 Å². The van der Waals surface area contributed by atoms with Crippen LogP contribution in [-0.2, 0) is 14.3 Å². The van der Waals surface area contributed by atoms with Gasteiger partial charge in [0.1, 0.15) is 5.75 Å². The first-order valence-corrected chi connectivity index (χ1v) is 5.79. The number of hydrogen-bond acceptors (Lipinski definition) is 4. The minimum atomic E-state index is -1.13. The summed E-state index contributed by atoms with van der Waals surface area (Å²) in [6, 6.07) is 2.90. The van der Waals surface area contributed by atoms with Gasteiger partial charge in [0.2, 0.25) is 0 Å². The zero-order chi connectivity index (χ0) is 14.4. The minimum absolute atomic E-state index is 0.161. The fourth-order valence-corrected chi connectivity index (χ4v) is 1.77. The van der Waals surface area contributed by atoms with Gasteiger partial charge < -0.3 is 14.6 Å². The Hall–Kier alpha value is -1.72. The van der Waals surface area contributed by atoms with E-state index in [9.17, 15) is 9.59 Å². The third-order valence-corrected chi connectivity index (χ3v) is 2.50. The number of halogens is 2. The number of aliphatic carboxylic acids is 1. The highest BCUT2D eigenvalue weighted by atomic mass is 35.5. The Morgan fingerprint density at radius 3 is 2.63 bits per heavy atom. The number of carboxylic acids is 1. The Balaban J connectivity index is 3.06. The van der Waals surface area contributed by atoms with Gasteiger partial charge in [-0.25, -0.2) is 9.59 Å². The molecule has 1 N–H and O–H groups in total. The summed E-state index contributed by atoms with van der Waals surface area (Å²) in [7, 11) is 1.22. The molecule has 102 valence electrons. The number of benzene rings is 1. The molecular weight excluding hydrogens is 295 g/mol. The van der Waals surface area contributed by atoms with Crippen molar-refractivity contribution < 1.29 is 24.2 Å². The van der Waals surface area contributed by atoms with Crippen molar-refractivity contribution in [1.82, 2.24) is 0 Å². The Morgan fingerprint density at radius 2 is 2.05 bits per heavy atom. The lowest BCUT2D eigenvalue weighted by atomic mass is 10.2. The number of rotatable bonds is 5. The molecule has 1 rings (SSSR count). The Kier molecular flexibility index (Phi) is 5.66. The Morgan fingerprint density at radius 1 is 1.37 bits per heavy atom. The molecule has 0 aliphatic heterocycles. The molecule has 0 aromatic heterocycles. The van der Waals surface area contributed by atoms with Crippen molar-refractivity contribution in [2.24, 2.45) is 0 Å². The zero-order valence-electron chi connectivity index (χ0n) is 9.85. The number of esters is 1. The molecule has 0 atom stereocenters. The zero-order valence-corrected chi connectivity index (χ0v) is 11.4. The second-order valence-corrected chi connectivity index (χ2v) is 4.19. The molecule has 19 heavy (non-hydrogen) atoms. The first-order chi connectivity index (χ1) is 8.93. The summed E-state index contributed by atoms with van der Waals surface area (Å²) in [6.45, 7) is -0.342. The van der Waals surface area contributed by atoms with Crippen molar-refractivity contribution in [2.45, 2.75) is 0 Å². The number of ether oxygens (including phenoxy) is 2. The van der Waals surface area contributed by atoms with E-state index in [1.165, 1.54) is 25.3 Å². The lowest BCUT2D eigenvalue weighted by Gasteiger charge is -2.10. The lowest BCUT2D eigenvalue weighted by molar-refractivity contribution is -0.143.